The Labute approximate surface area is 107 Å². The Kier molecular flexibility index (Phi) is 3.28. The molecule has 2 rings (SSSR count). The van der Waals surface area contributed by atoms with Gasteiger partial charge in [0.1, 0.15) is 11.3 Å². The van der Waals surface area contributed by atoms with Gasteiger partial charge in [-0.05, 0) is 19.1 Å². The van der Waals surface area contributed by atoms with Gasteiger partial charge in [0.2, 0.25) is 5.95 Å². The number of hydrogen-bond acceptors (Lipinski definition) is 3. The van der Waals surface area contributed by atoms with Gasteiger partial charge >= 0.3 is 5.97 Å². The van der Waals surface area contributed by atoms with Gasteiger partial charge in [-0.25, -0.2) is 9.78 Å². The van der Waals surface area contributed by atoms with Crippen LogP contribution in [0.2, 0.25) is 0 Å². The molecule has 0 aliphatic heterocycles. The zero-order chi connectivity index (χ0) is 14.0. The van der Waals surface area contributed by atoms with Crippen LogP contribution in [-0.4, -0.2) is 27.0 Å². The molecular formula is C12H10FN3O3. The number of anilines is 1. The number of amides is 1. The standard InChI is InChI=1S/C12H10FN3O3/c1-6-10(12(18)19)8(5-14-6)16-11(17)7-3-2-4-9(13)15-7/h2-5,14H,1H3,(H,16,17)(H,18,19). The third-order valence-electron chi connectivity index (χ3n) is 2.49. The number of aromatic carboxylic acids is 1. The Hall–Kier alpha value is -2.70. The fraction of sp³-hybridized carbons (Fsp3) is 0.0833. The molecule has 3 N–H and O–H groups in total. The smallest absolute Gasteiger partial charge is 0.339 e. The highest BCUT2D eigenvalue weighted by Gasteiger charge is 2.18. The van der Waals surface area contributed by atoms with Crippen molar-refractivity contribution in [2.45, 2.75) is 6.92 Å². The summed E-state index contributed by atoms with van der Waals surface area (Å²) in [7, 11) is 0. The van der Waals surface area contributed by atoms with E-state index in [1.807, 2.05) is 0 Å². The fourth-order valence-corrected chi connectivity index (χ4v) is 1.62. The molecule has 2 aromatic heterocycles. The van der Waals surface area contributed by atoms with Gasteiger partial charge in [0.25, 0.3) is 5.91 Å². The predicted molar refractivity (Wildman–Crippen MR) is 64.6 cm³/mol. The first kappa shape index (κ1) is 12.7. The molecule has 0 bridgehead atoms. The number of nitrogens with one attached hydrogen (secondary N) is 2. The molecule has 0 aliphatic carbocycles. The highest BCUT2D eigenvalue weighted by atomic mass is 19.1. The number of carbonyl (C=O) groups excluding carboxylic acids is 1. The number of aromatic amines is 1. The lowest BCUT2D eigenvalue weighted by molar-refractivity contribution is 0.0697. The minimum Gasteiger partial charge on any atom is -0.478 e. The molecule has 0 radical (unpaired) electrons. The lowest BCUT2D eigenvalue weighted by Crippen LogP contribution is -2.15. The maximum absolute atomic E-state index is 12.9. The predicted octanol–water partition coefficient (Wildman–Crippen LogP) is 1.81. The molecule has 0 unspecified atom stereocenters. The SMILES string of the molecule is Cc1[nH]cc(NC(=O)c2cccc(F)n2)c1C(=O)O. The summed E-state index contributed by atoms with van der Waals surface area (Å²) in [5.41, 5.74) is 0.357. The lowest BCUT2D eigenvalue weighted by Gasteiger charge is -2.04. The van der Waals surface area contributed by atoms with E-state index in [-0.39, 0.29) is 16.9 Å². The Morgan fingerprint density at radius 2 is 2.16 bits per heavy atom. The number of hydrogen-bond donors (Lipinski definition) is 3. The second kappa shape index (κ2) is 4.89. The van der Waals surface area contributed by atoms with Gasteiger partial charge in [-0.1, -0.05) is 6.07 Å². The molecule has 0 aromatic carbocycles. The van der Waals surface area contributed by atoms with E-state index in [0.717, 1.165) is 6.07 Å². The second-order valence-corrected chi connectivity index (χ2v) is 3.81. The average Bonchev–Trinajstić information content (AvgIpc) is 2.70. The molecule has 0 spiro atoms. The summed E-state index contributed by atoms with van der Waals surface area (Å²) < 4.78 is 12.9. The van der Waals surface area contributed by atoms with E-state index in [2.05, 4.69) is 15.3 Å². The Morgan fingerprint density at radius 3 is 2.79 bits per heavy atom. The number of halogens is 1. The number of carboxylic acids is 1. The molecule has 6 nitrogen and oxygen atoms in total. The van der Waals surface area contributed by atoms with Crippen molar-refractivity contribution in [3.8, 4) is 0 Å². The Morgan fingerprint density at radius 1 is 1.42 bits per heavy atom. The normalized spacial score (nSPS) is 10.2. The molecule has 7 heteroatoms. The molecule has 2 heterocycles. The summed E-state index contributed by atoms with van der Waals surface area (Å²) in [4.78, 5) is 28.9. The van der Waals surface area contributed by atoms with Crippen LogP contribution in [0.4, 0.5) is 10.1 Å². The van der Waals surface area contributed by atoms with Gasteiger partial charge in [-0.15, -0.1) is 0 Å². The zero-order valence-corrected chi connectivity index (χ0v) is 9.90. The monoisotopic (exact) mass is 263 g/mol. The van der Waals surface area contributed by atoms with Gasteiger partial charge in [-0.3, -0.25) is 4.79 Å². The van der Waals surface area contributed by atoms with Crippen molar-refractivity contribution in [2.24, 2.45) is 0 Å². The maximum Gasteiger partial charge on any atom is 0.339 e. The topological polar surface area (TPSA) is 95.1 Å². The first-order valence-corrected chi connectivity index (χ1v) is 5.34. The third-order valence-corrected chi connectivity index (χ3v) is 2.49. The van der Waals surface area contributed by atoms with E-state index in [9.17, 15) is 14.0 Å². The summed E-state index contributed by atoms with van der Waals surface area (Å²) in [6, 6.07) is 3.79. The minimum atomic E-state index is -1.17. The summed E-state index contributed by atoms with van der Waals surface area (Å²) >= 11 is 0. The van der Waals surface area contributed by atoms with Crippen LogP contribution < -0.4 is 5.32 Å². The van der Waals surface area contributed by atoms with E-state index >= 15 is 0 Å². The number of aryl methyl sites for hydroxylation is 1. The Bertz CT molecular complexity index is 651. The van der Waals surface area contributed by atoms with Crippen molar-refractivity contribution in [1.82, 2.24) is 9.97 Å². The zero-order valence-electron chi connectivity index (χ0n) is 9.90. The molecule has 1 amide bonds. The van der Waals surface area contributed by atoms with Crippen molar-refractivity contribution in [2.75, 3.05) is 5.32 Å². The molecular weight excluding hydrogens is 253 g/mol. The highest BCUT2D eigenvalue weighted by molar-refractivity contribution is 6.07. The second-order valence-electron chi connectivity index (χ2n) is 3.81. The number of carbonyl (C=O) groups is 2. The Balaban J connectivity index is 2.27. The van der Waals surface area contributed by atoms with E-state index in [1.54, 1.807) is 6.92 Å². The maximum atomic E-state index is 12.9. The van der Waals surface area contributed by atoms with Crippen LogP contribution in [0.1, 0.15) is 26.5 Å². The molecule has 2 aromatic rings. The number of aromatic nitrogens is 2. The van der Waals surface area contributed by atoms with Crippen LogP contribution in [-0.2, 0) is 0 Å². The van der Waals surface area contributed by atoms with Gasteiger partial charge in [-0.2, -0.15) is 4.39 Å². The summed E-state index contributed by atoms with van der Waals surface area (Å²) in [6.45, 7) is 1.57. The molecule has 0 atom stereocenters. The largest absolute Gasteiger partial charge is 0.478 e. The van der Waals surface area contributed by atoms with Gasteiger partial charge in [0.15, 0.2) is 0 Å². The first-order chi connectivity index (χ1) is 8.99. The summed E-state index contributed by atoms with van der Waals surface area (Å²) in [5, 5.41) is 11.4. The van der Waals surface area contributed by atoms with Crippen molar-refractivity contribution in [3.05, 3.63) is 47.3 Å². The molecule has 98 valence electrons. The highest BCUT2D eigenvalue weighted by Crippen LogP contribution is 2.19. The molecule has 0 saturated carbocycles. The quantitative estimate of drug-likeness (QED) is 0.736. The van der Waals surface area contributed by atoms with Gasteiger partial charge in [0.05, 0.1) is 5.69 Å². The van der Waals surface area contributed by atoms with Crippen LogP contribution in [0.3, 0.4) is 0 Å². The summed E-state index contributed by atoms with van der Waals surface area (Å²) in [5.74, 6) is -2.63. The van der Waals surface area contributed by atoms with Gasteiger partial charge < -0.3 is 15.4 Å². The summed E-state index contributed by atoms with van der Waals surface area (Å²) in [6.07, 6.45) is 1.36. The van der Waals surface area contributed by atoms with Crippen LogP contribution in [0.25, 0.3) is 0 Å². The fourth-order valence-electron chi connectivity index (χ4n) is 1.62. The molecule has 0 saturated heterocycles. The van der Waals surface area contributed by atoms with Crippen molar-refractivity contribution in [3.63, 3.8) is 0 Å². The number of carboxylic acid groups (broad SMARTS) is 1. The number of pyridine rings is 1. The van der Waals surface area contributed by atoms with Crippen LogP contribution in [0.15, 0.2) is 24.4 Å². The van der Waals surface area contributed by atoms with E-state index in [0.29, 0.717) is 5.69 Å². The van der Waals surface area contributed by atoms with Crippen LogP contribution >= 0.6 is 0 Å². The molecule has 19 heavy (non-hydrogen) atoms. The van der Waals surface area contributed by atoms with Crippen LogP contribution in [0.5, 0.6) is 0 Å². The average molecular weight is 263 g/mol. The van der Waals surface area contributed by atoms with Gasteiger partial charge in [0, 0.05) is 11.9 Å². The number of H-pyrrole nitrogens is 1. The molecule has 0 fully saturated rings. The van der Waals surface area contributed by atoms with Crippen molar-refractivity contribution >= 4 is 17.6 Å². The van der Waals surface area contributed by atoms with Crippen molar-refractivity contribution < 1.29 is 19.1 Å². The van der Waals surface area contributed by atoms with E-state index in [1.165, 1.54) is 18.3 Å². The minimum absolute atomic E-state index is 0.0373. The van der Waals surface area contributed by atoms with Crippen LogP contribution in [0, 0.1) is 12.9 Å². The van der Waals surface area contributed by atoms with Crippen molar-refractivity contribution in [1.29, 1.82) is 0 Å². The number of nitrogens with zero attached hydrogens (tertiary/aromatic N) is 1. The van der Waals surface area contributed by atoms with E-state index in [4.69, 9.17) is 5.11 Å². The lowest BCUT2D eigenvalue weighted by atomic mass is 10.2. The first-order valence-electron chi connectivity index (χ1n) is 5.34. The van der Waals surface area contributed by atoms with E-state index < -0.39 is 17.8 Å². The number of rotatable bonds is 3. The molecule has 0 aliphatic rings. The third kappa shape index (κ3) is 2.59.